The third-order valence-electron chi connectivity index (χ3n) is 6.64. The molecule has 0 spiro atoms. The summed E-state index contributed by atoms with van der Waals surface area (Å²) in [6.45, 7) is 6.67. The molecule has 7 rings (SSSR count). The zero-order valence-electron chi connectivity index (χ0n) is 18.4. The molecular weight excluding hydrogens is 420 g/mol. The Morgan fingerprint density at radius 2 is 1.91 bits per heavy atom. The predicted molar refractivity (Wildman–Crippen MR) is 121 cm³/mol. The van der Waals surface area contributed by atoms with Crippen LogP contribution in [0.5, 0.6) is 5.75 Å². The van der Waals surface area contributed by atoms with Crippen LogP contribution >= 0.6 is 0 Å². The normalized spacial score (nSPS) is 22.7. The van der Waals surface area contributed by atoms with Crippen LogP contribution < -0.4 is 15.0 Å². The molecule has 3 aromatic heterocycles. The number of fused-ring (bicyclic) bond motifs is 3. The molecule has 0 aliphatic carbocycles. The fourth-order valence-electron chi connectivity index (χ4n) is 4.90. The van der Waals surface area contributed by atoms with Gasteiger partial charge < -0.3 is 19.7 Å². The van der Waals surface area contributed by atoms with Crippen molar-refractivity contribution in [3.63, 3.8) is 0 Å². The molecule has 10 nitrogen and oxygen atoms in total. The molecule has 1 N–H and O–H groups in total. The smallest absolute Gasteiger partial charge is 0.225 e. The average molecular weight is 447 g/mol. The van der Waals surface area contributed by atoms with Gasteiger partial charge in [0.25, 0.3) is 0 Å². The minimum absolute atomic E-state index is 0.510. The summed E-state index contributed by atoms with van der Waals surface area (Å²) in [5.74, 6) is 1.45. The number of rotatable bonds is 6. The molecule has 7 heterocycles. The van der Waals surface area contributed by atoms with Gasteiger partial charge >= 0.3 is 0 Å². The number of nitriles is 1. The largest absolute Gasteiger partial charge is 0.491 e. The highest BCUT2D eigenvalue weighted by molar-refractivity contribution is 5.84. The zero-order valence-corrected chi connectivity index (χ0v) is 18.4. The minimum atomic E-state index is 0.510. The summed E-state index contributed by atoms with van der Waals surface area (Å²) in [5, 5.41) is 17.5. The van der Waals surface area contributed by atoms with Crippen LogP contribution in [0.25, 0.3) is 16.6 Å². The number of piperidine rings is 1. The van der Waals surface area contributed by atoms with Gasteiger partial charge in [0.15, 0.2) is 0 Å². The van der Waals surface area contributed by atoms with E-state index in [1.54, 1.807) is 10.7 Å². The highest BCUT2D eigenvalue weighted by atomic mass is 16.5. The number of hydrogen-bond acceptors (Lipinski definition) is 9. The maximum absolute atomic E-state index is 9.60. The number of ether oxygens (including phenoxy) is 2. The van der Waals surface area contributed by atoms with E-state index < -0.39 is 0 Å². The van der Waals surface area contributed by atoms with Gasteiger partial charge in [-0.15, -0.1) is 0 Å². The van der Waals surface area contributed by atoms with Crippen LogP contribution in [0, 0.1) is 11.3 Å². The number of aromatic nitrogens is 4. The quantitative estimate of drug-likeness (QED) is 0.592. The SMILES string of the molecule is N#Cc1cnn2cc(OCCN3CCOCC3)cc(-c3cnc(N4CC5CC(C4)N5)nc3)c12. The van der Waals surface area contributed by atoms with E-state index in [1.165, 1.54) is 6.42 Å². The number of hydrogen-bond donors (Lipinski definition) is 1. The predicted octanol–water partition coefficient (Wildman–Crippen LogP) is 0.924. The number of morpholine rings is 1. The molecule has 2 bridgehead atoms. The van der Waals surface area contributed by atoms with Crippen molar-refractivity contribution < 1.29 is 9.47 Å². The van der Waals surface area contributed by atoms with Gasteiger partial charge in [-0.05, 0) is 12.5 Å². The summed E-state index contributed by atoms with van der Waals surface area (Å²) in [6, 6.07) is 5.28. The van der Waals surface area contributed by atoms with Crippen LogP contribution in [0.1, 0.15) is 12.0 Å². The lowest BCUT2D eigenvalue weighted by Crippen LogP contribution is -2.67. The molecule has 4 fully saturated rings. The van der Waals surface area contributed by atoms with Crippen LogP contribution in [0.2, 0.25) is 0 Å². The van der Waals surface area contributed by atoms with Gasteiger partial charge in [0.05, 0.1) is 36.7 Å². The summed E-state index contributed by atoms with van der Waals surface area (Å²) >= 11 is 0. The summed E-state index contributed by atoms with van der Waals surface area (Å²) in [6.07, 6.45) is 8.30. The molecule has 4 saturated heterocycles. The number of nitrogens with zero attached hydrogens (tertiary/aromatic N) is 7. The molecule has 0 amide bonds. The molecule has 33 heavy (non-hydrogen) atoms. The molecule has 4 aliphatic rings. The average Bonchev–Trinajstić information content (AvgIpc) is 3.27. The third-order valence-corrected chi connectivity index (χ3v) is 6.64. The number of anilines is 1. The Bertz CT molecular complexity index is 1170. The highest BCUT2D eigenvalue weighted by Gasteiger charge is 2.37. The molecule has 170 valence electrons. The van der Waals surface area contributed by atoms with Crippen molar-refractivity contribution >= 4 is 11.5 Å². The van der Waals surface area contributed by atoms with Crippen molar-refractivity contribution in [3.8, 4) is 22.9 Å². The van der Waals surface area contributed by atoms with Gasteiger partial charge in [-0.1, -0.05) is 0 Å². The molecule has 2 atom stereocenters. The zero-order chi connectivity index (χ0) is 22.2. The maximum atomic E-state index is 9.60. The Morgan fingerprint density at radius 3 is 2.64 bits per heavy atom. The van der Waals surface area contributed by atoms with Gasteiger partial charge in [0, 0.05) is 68.3 Å². The van der Waals surface area contributed by atoms with E-state index in [2.05, 4.69) is 36.3 Å². The van der Waals surface area contributed by atoms with E-state index in [9.17, 15) is 5.26 Å². The Hall–Kier alpha value is -3.26. The molecule has 10 heteroatoms. The lowest BCUT2D eigenvalue weighted by molar-refractivity contribution is 0.0322. The molecule has 0 aromatic carbocycles. The molecule has 3 aromatic rings. The van der Waals surface area contributed by atoms with Crippen molar-refractivity contribution in [2.45, 2.75) is 18.5 Å². The monoisotopic (exact) mass is 446 g/mol. The summed E-state index contributed by atoms with van der Waals surface area (Å²) in [4.78, 5) is 13.9. The van der Waals surface area contributed by atoms with E-state index in [4.69, 9.17) is 9.47 Å². The first-order valence-corrected chi connectivity index (χ1v) is 11.4. The first kappa shape index (κ1) is 20.4. The summed E-state index contributed by atoms with van der Waals surface area (Å²) in [7, 11) is 0. The first-order chi connectivity index (χ1) is 16.3. The molecule has 4 aliphatic heterocycles. The van der Waals surface area contributed by atoms with Crippen LogP contribution in [-0.4, -0.2) is 89.1 Å². The van der Waals surface area contributed by atoms with Crippen molar-refractivity contribution in [2.24, 2.45) is 0 Å². The molecule has 0 saturated carbocycles. The second-order valence-corrected chi connectivity index (χ2v) is 8.83. The van der Waals surface area contributed by atoms with Gasteiger partial charge in [-0.2, -0.15) is 10.4 Å². The second-order valence-electron chi connectivity index (χ2n) is 8.83. The lowest BCUT2D eigenvalue weighted by Gasteiger charge is -2.48. The van der Waals surface area contributed by atoms with Gasteiger partial charge in [0.2, 0.25) is 5.95 Å². The highest BCUT2D eigenvalue weighted by Crippen LogP contribution is 2.31. The van der Waals surface area contributed by atoms with E-state index in [1.807, 2.05) is 24.7 Å². The minimum Gasteiger partial charge on any atom is -0.491 e. The lowest BCUT2D eigenvalue weighted by atomic mass is 9.92. The fraction of sp³-hybridized carbons (Fsp3) is 0.478. The fourth-order valence-corrected chi connectivity index (χ4v) is 4.90. The van der Waals surface area contributed by atoms with Crippen LogP contribution in [0.4, 0.5) is 5.95 Å². The number of piperazine rings is 1. The first-order valence-electron chi connectivity index (χ1n) is 11.4. The van der Waals surface area contributed by atoms with E-state index in [-0.39, 0.29) is 0 Å². The Morgan fingerprint density at radius 1 is 1.15 bits per heavy atom. The Balaban J connectivity index is 1.25. The molecule has 0 radical (unpaired) electrons. The van der Waals surface area contributed by atoms with Gasteiger partial charge in [-0.25, -0.2) is 14.5 Å². The van der Waals surface area contributed by atoms with Crippen molar-refractivity contribution in [1.29, 1.82) is 5.26 Å². The summed E-state index contributed by atoms with van der Waals surface area (Å²) in [5.41, 5.74) is 2.91. The molecular formula is C23H26N8O2. The van der Waals surface area contributed by atoms with Crippen molar-refractivity contribution in [3.05, 3.63) is 36.4 Å². The van der Waals surface area contributed by atoms with E-state index in [0.717, 1.165) is 68.5 Å². The van der Waals surface area contributed by atoms with Crippen molar-refractivity contribution in [2.75, 3.05) is 57.4 Å². The van der Waals surface area contributed by atoms with Crippen molar-refractivity contribution in [1.82, 2.24) is 29.8 Å². The topological polar surface area (TPSA) is 104 Å². The van der Waals surface area contributed by atoms with Crippen LogP contribution in [-0.2, 0) is 4.74 Å². The molecule has 2 unspecified atom stereocenters. The van der Waals surface area contributed by atoms with Gasteiger partial charge in [0.1, 0.15) is 18.4 Å². The van der Waals surface area contributed by atoms with E-state index in [0.29, 0.717) is 30.0 Å². The number of pyridine rings is 1. The van der Waals surface area contributed by atoms with Crippen LogP contribution in [0.3, 0.4) is 0 Å². The summed E-state index contributed by atoms with van der Waals surface area (Å²) < 4.78 is 13.2. The Kier molecular flexibility index (Phi) is 5.30. The third kappa shape index (κ3) is 3.99. The van der Waals surface area contributed by atoms with Crippen LogP contribution in [0.15, 0.2) is 30.9 Å². The second kappa shape index (κ2) is 8.59. The van der Waals surface area contributed by atoms with Gasteiger partial charge in [-0.3, -0.25) is 4.90 Å². The Labute approximate surface area is 191 Å². The van der Waals surface area contributed by atoms with E-state index >= 15 is 0 Å². The number of nitrogens with one attached hydrogen (secondary N) is 1. The standard InChI is InChI=1S/C23H26N8O2/c24-9-16-12-27-31-15-20(33-6-3-29-1-4-32-5-2-29)8-21(22(16)31)17-10-25-23(26-11-17)30-13-18-7-19(14-30)28-18/h8,10-12,15,18-19,28H,1-7,13-14H2. The maximum Gasteiger partial charge on any atom is 0.225 e.